The Balaban J connectivity index is 0.00000408. The van der Waals surface area contributed by atoms with Gasteiger partial charge >= 0.3 is 0 Å². The number of amides is 2. The predicted octanol–water partition coefficient (Wildman–Crippen LogP) is 3.32. The summed E-state index contributed by atoms with van der Waals surface area (Å²) in [5.74, 6) is -0.319. The number of rotatable bonds is 7. The SMILES string of the molecule is CSc1ccc(CNC(=O)C2CN(C(C)=O)CCN2S(=O)(=O)c2ccc(C(C)C)cc2)cc1.[HH]. The van der Waals surface area contributed by atoms with Crippen molar-refractivity contribution in [1.82, 2.24) is 14.5 Å². The number of piperazine rings is 1. The third-order valence-electron chi connectivity index (χ3n) is 5.86. The summed E-state index contributed by atoms with van der Waals surface area (Å²) in [6.45, 7) is 6.12. The van der Waals surface area contributed by atoms with Gasteiger partial charge in [-0.2, -0.15) is 4.31 Å². The molecule has 0 bridgehead atoms. The molecule has 9 heteroatoms. The minimum Gasteiger partial charge on any atom is -0.351 e. The van der Waals surface area contributed by atoms with Gasteiger partial charge in [0.1, 0.15) is 6.04 Å². The van der Waals surface area contributed by atoms with Gasteiger partial charge in [-0.05, 0) is 47.6 Å². The molecule has 1 aliphatic rings. The van der Waals surface area contributed by atoms with Gasteiger partial charge < -0.3 is 10.2 Å². The van der Waals surface area contributed by atoms with Gasteiger partial charge in [0, 0.05) is 39.4 Å². The molecule has 0 spiro atoms. The van der Waals surface area contributed by atoms with Crippen molar-refractivity contribution in [2.45, 2.75) is 49.1 Å². The first-order chi connectivity index (χ1) is 15.6. The van der Waals surface area contributed by atoms with E-state index in [1.54, 1.807) is 36.0 Å². The van der Waals surface area contributed by atoms with Crippen molar-refractivity contribution in [3.63, 3.8) is 0 Å². The van der Waals surface area contributed by atoms with E-state index in [1.807, 2.05) is 44.4 Å². The number of hydrogen-bond donors (Lipinski definition) is 1. The first-order valence-electron chi connectivity index (χ1n) is 10.9. The predicted molar refractivity (Wildman–Crippen MR) is 133 cm³/mol. The number of nitrogens with zero attached hydrogens (tertiary/aromatic N) is 2. The Morgan fingerprint density at radius 3 is 2.27 bits per heavy atom. The molecule has 3 rings (SSSR count). The molecule has 1 fully saturated rings. The Morgan fingerprint density at radius 2 is 1.73 bits per heavy atom. The van der Waals surface area contributed by atoms with Gasteiger partial charge in [0.25, 0.3) is 0 Å². The number of nitrogens with one attached hydrogen (secondary N) is 1. The zero-order chi connectivity index (χ0) is 24.2. The molecule has 2 aromatic carbocycles. The molecule has 0 radical (unpaired) electrons. The largest absolute Gasteiger partial charge is 0.351 e. The van der Waals surface area contributed by atoms with Crippen LogP contribution in [-0.4, -0.2) is 61.4 Å². The van der Waals surface area contributed by atoms with Crippen LogP contribution in [0.1, 0.15) is 39.2 Å². The molecule has 0 aromatic heterocycles. The molecule has 0 aliphatic carbocycles. The van der Waals surface area contributed by atoms with Crippen LogP contribution in [0.25, 0.3) is 0 Å². The molecule has 1 aliphatic heterocycles. The van der Waals surface area contributed by atoms with Crippen LogP contribution in [0, 0.1) is 0 Å². The van der Waals surface area contributed by atoms with Gasteiger partial charge in [-0.25, -0.2) is 8.42 Å². The summed E-state index contributed by atoms with van der Waals surface area (Å²) in [6.07, 6.45) is 1.99. The van der Waals surface area contributed by atoms with Crippen LogP contribution in [-0.2, 0) is 26.2 Å². The maximum absolute atomic E-state index is 13.4. The average molecular weight is 492 g/mol. The van der Waals surface area contributed by atoms with Crippen molar-refractivity contribution in [2.75, 3.05) is 25.9 Å². The van der Waals surface area contributed by atoms with Crippen LogP contribution >= 0.6 is 11.8 Å². The van der Waals surface area contributed by atoms with Crippen molar-refractivity contribution in [3.8, 4) is 0 Å². The lowest BCUT2D eigenvalue weighted by molar-refractivity contribution is -0.134. The number of thioether (sulfide) groups is 1. The fraction of sp³-hybridized carbons (Fsp3) is 0.417. The summed E-state index contributed by atoms with van der Waals surface area (Å²) in [4.78, 5) is 27.9. The monoisotopic (exact) mass is 491 g/mol. The zero-order valence-electron chi connectivity index (χ0n) is 19.4. The van der Waals surface area contributed by atoms with Gasteiger partial charge in [0.05, 0.1) is 4.90 Å². The minimum absolute atomic E-state index is 0. The van der Waals surface area contributed by atoms with E-state index in [2.05, 4.69) is 5.32 Å². The first kappa shape index (κ1) is 25.3. The van der Waals surface area contributed by atoms with E-state index in [1.165, 1.54) is 16.1 Å². The normalized spacial score (nSPS) is 17.2. The fourth-order valence-corrected chi connectivity index (χ4v) is 5.74. The standard InChI is InChI=1S/C24H31N3O4S2.H2/c1-17(2)20-7-11-22(12-8-20)33(30,31)27-14-13-26(18(3)28)16-23(27)24(29)25-15-19-5-9-21(32-4)10-6-19;/h5-12,17,23H,13-16H2,1-4H3,(H,25,29);1H. The van der Waals surface area contributed by atoms with Gasteiger partial charge in [0.2, 0.25) is 21.8 Å². The highest BCUT2D eigenvalue weighted by Gasteiger charge is 2.40. The van der Waals surface area contributed by atoms with E-state index in [0.717, 1.165) is 16.0 Å². The zero-order valence-corrected chi connectivity index (χ0v) is 21.1. The van der Waals surface area contributed by atoms with E-state index < -0.39 is 22.0 Å². The second kappa shape index (κ2) is 10.7. The molecule has 1 heterocycles. The fourth-order valence-electron chi connectivity index (χ4n) is 3.76. The maximum Gasteiger partial charge on any atom is 0.243 e. The third-order valence-corrected chi connectivity index (χ3v) is 8.52. The van der Waals surface area contributed by atoms with Crippen LogP contribution in [0.15, 0.2) is 58.3 Å². The van der Waals surface area contributed by atoms with Crippen molar-refractivity contribution < 1.29 is 19.4 Å². The molecule has 33 heavy (non-hydrogen) atoms. The average Bonchev–Trinajstić information content (AvgIpc) is 2.82. The topological polar surface area (TPSA) is 86.8 Å². The molecule has 1 atom stereocenters. The van der Waals surface area contributed by atoms with E-state index in [0.29, 0.717) is 0 Å². The Kier molecular flexibility index (Phi) is 8.20. The molecule has 1 unspecified atom stereocenters. The van der Waals surface area contributed by atoms with Gasteiger partial charge in [-0.3, -0.25) is 9.59 Å². The smallest absolute Gasteiger partial charge is 0.243 e. The third kappa shape index (κ3) is 5.96. The van der Waals surface area contributed by atoms with Crippen LogP contribution in [0.4, 0.5) is 0 Å². The van der Waals surface area contributed by atoms with Crippen LogP contribution < -0.4 is 5.32 Å². The Morgan fingerprint density at radius 1 is 1.09 bits per heavy atom. The number of benzene rings is 2. The molecule has 2 aromatic rings. The Hall–Kier alpha value is -2.36. The Labute approximate surface area is 202 Å². The van der Waals surface area contributed by atoms with E-state index in [4.69, 9.17) is 0 Å². The molecule has 2 amide bonds. The van der Waals surface area contributed by atoms with Gasteiger partial charge in [-0.15, -0.1) is 11.8 Å². The highest BCUT2D eigenvalue weighted by atomic mass is 32.2. The summed E-state index contributed by atoms with van der Waals surface area (Å²) >= 11 is 1.63. The quantitative estimate of drug-likeness (QED) is 0.601. The van der Waals surface area contributed by atoms with Crippen molar-refractivity contribution in [3.05, 3.63) is 59.7 Å². The van der Waals surface area contributed by atoms with Crippen molar-refractivity contribution in [1.29, 1.82) is 0 Å². The summed E-state index contributed by atoms with van der Waals surface area (Å²) in [6, 6.07) is 13.6. The van der Waals surface area contributed by atoms with Crippen LogP contribution in [0.2, 0.25) is 0 Å². The number of hydrogen-bond acceptors (Lipinski definition) is 5. The molecule has 1 N–H and O–H groups in total. The summed E-state index contributed by atoms with van der Waals surface area (Å²) in [7, 11) is -3.91. The second-order valence-electron chi connectivity index (χ2n) is 8.39. The maximum atomic E-state index is 13.4. The van der Waals surface area contributed by atoms with Gasteiger partial charge in [-0.1, -0.05) is 38.1 Å². The lowest BCUT2D eigenvalue weighted by Gasteiger charge is -2.39. The molecule has 1 saturated heterocycles. The van der Waals surface area contributed by atoms with E-state index >= 15 is 0 Å². The molecule has 7 nitrogen and oxygen atoms in total. The highest BCUT2D eigenvalue weighted by molar-refractivity contribution is 7.98. The number of carbonyl (C=O) groups is 2. The van der Waals surface area contributed by atoms with Crippen molar-refractivity contribution in [2.24, 2.45) is 0 Å². The van der Waals surface area contributed by atoms with Crippen LogP contribution in [0.5, 0.6) is 0 Å². The molecule has 0 saturated carbocycles. The first-order valence-corrected chi connectivity index (χ1v) is 13.6. The minimum atomic E-state index is -3.91. The van der Waals surface area contributed by atoms with Gasteiger partial charge in [0.15, 0.2) is 0 Å². The summed E-state index contributed by atoms with van der Waals surface area (Å²) in [5.41, 5.74) is 1.95. The molecular formula is C24H33N3O4S2. The van der Waals surface area contributed by atoms with Crippen LogP contribution in [0.3, 0.4) is 0 Å². The lowest BCUT2D eigenvalue weighted by atomic mass is 10.0. The number of carbonyl (C=O) groups excluding carboxylic acids is 2. The molecular weight excluding hydrogens is 458 g/mol. The highest BCUT2D eigenvalue weighted by Crippen LogP contribution is 2.24. The summed E-state index contributed by atoms with van der Waals surface area (Å²) < 4.78 is 28.1. The number of sulfonamides is 1. The van der Waals surface area contributed by atoms with E-state index in [-0.39, 0.29) is 44.3 Å². The summed E-state index contributed by atoms with van der Waals surface area (Å²) in [5, 5.41) is 2.85. The molecule has 180 valence electrons. The Bertz CT molecular complexity index is 1090. The van der Waals surface area contributed by atoms with Crippen molar-refractivity contribution >= 4 is 33.6 Å². The lowest BCUT2D eigenvalue weighted by Crippen LogP contribution is -2.61. The van der Waals surface area contributed by atoms with E-state index in [9.17, 15) is 18.0 Å². The second-order valence-corrected chi connectivity index (χ2v) is 11.2.